The van der Waals surface area contributed by atoms with E-state index in [0.29, 0.717) is 13.0 Å². The Hall–Kier alpha value is -1.28. The van der Waals surface area contributed by atoms with Gasteiger partial charge in [-0.1, -0.05) is 224 Å². The van der Waals surface area contributed by atoms with Crippen molar-refractivity contribution >= 4 is 13.8 Å². The molecular formula is C51H98NO7P. The lowest BCUT2D eigenvalue weighted by atomic mass is 10.0. The van der Waals surface area contributed by atoms with Gasteiger partial charge in [0, 0.05) is 19.6 Å². The molecule has 9 heteroatoms. The summed E-state index contributed by atoms with van der Waals surface area (Å²) in [6.07, 6.45) is 57.4. The molecule has 0 fully saturated rings. The molecule has 0 spiro atoms. The molecule has 0 aromatic heterocycles. The first-order chi connectivity index (χ1) is 29.4. The lowest BCUT2D eigenvalue weighted by Crippen LogP contribution is -2.28. The summed E-state index contributed by atoms with van der Waals surface area (Å²) in [5.74, 6) is -0.329. The second-order valence-electron chi connectivity index (χ2n) is 17.0. The number of nitrogens with two attached hydrogens (primary N) is 1. The van der Waals surface area contributed by atoms with E-state index in [1.54, 1.807) is 0 Å². The number of carbonyl (C=O) groups is 1. The molecule has 354 valence electrons. The monoisotopic (exact) mass is 868 g/mol. The quantitative estimate of drug-likeness (QED) is 0.0269. The minimum absolute atomic E-state index is 0.0964. The van der Waals surface area contributed by atoms with Crippen molar-refractivity contribution < 1.29 is 32.8 Å². The average molecular weight is 868 g/mol. The predicted molar refractivity (Wildman–Crippen MR) is 256 cm³/mol. The molecule has 0 aliphatic carbocycles. The van der Waals surface area contributed by atoms with Crippen molar-refractivity contribution in [2.24, 2.45) is 5.73 Å². The SMILES string of the molecule is CCCCCCC/C=C\C/C=C\C/C=C\CCCCCCCCCOCC(COP(=O)(O)OCCN)OC(=O)CCCCCCCCCCCCCCCCCCCCC. The molecule has 0 saturated heterocycles. The molecule has 0 aromatic rings. The van der Waals surface area contributed by atoms with Gasteiger partial charge in [-0.3, -0.25) is 13.8 Å². The Morgan fingerprint density at radius 3 is 1.32 bits per heavy atom. The largest absolute Gasteiger partial charge is 0.472 e. The van der Waals surface area contributed by atoms with E-state index < -0.39 is 13.9 Å². The van der Waals surface area contributed by atoms with E-state index in [4.69, 9.17) is 24.3 Å². The maximum atomic E-state index is 12.6. The molecule has 0 bridgehead atoms. The van der Waals surface area contributed by atoms with E-state index >= 15 is 0 Å². The Labute approximate surface area is 371 Å². The van der Waals surface area contributed by atoms with Crippen LogP contribution in [-0.4, -0.2) is 49.9 Å². The first-order valence-corrected chi connectivity index (χ1v) is 27.0. The van der Waals surface area contributed by atoms with Gasteiger partial charge in [-0.15, -0.1) is 0 Å². The topological polar surface area (TPSA) is 117 Å². The molecule has 2 atom stereocenters. The number of allylic oxidation sites excluding steroid dienone is 6. The number of carbonyl (C=O) groups excluding carboxylic acids is 1. The van der Waals surface area contributed by atoms with Crippen LogP contribution in [-0.2, 0) is 27.9 Å². The molecule has 0 rings (SSSR count). The zero-order chi connectivity index (χ0) is 43.7. The van der Waals surface area contributed by atoms with Crippen LogP contribution in [0.1, 0.15) is 245 Å². The van der Waals surface area contributed by atoms with E-state index in [1.165, 1.54) is 173 Å². The highest BCUT2D eigenvalue weighted by Crippen LogP contribution is 2.43. The van der Waals surface area contributed by atoms with Gasteiger partial charge in [0.15, 0.2) is 0 Å². The van der Waals surface area contributed by atoms with E-state index in [1.807, 2.05) is 0 Å². The lowest BCUT2D eigenvalue weighted by Gasteiger charge is -2.20. The summed E-state index contributed by atoms with van der Waals surface area (Å²) in [4.78, 5) is 22.6. The third-order valence-corrected chi connectivity index (χ3v) is 12.0. The minimum Gasteiger partial charge on any atom is -0.457 e. The summed E-state index contributed by atoms with van der Waals surface area (Å²) in [6, 6.07) is 0. The van der Waals surface area contributed by atoms with Crippen LogP contribution in [0.3, 0.4) is 0 Å². The van der Waals surface area contributed by atoms with E-state index in [0.717, 1.165) is 51.4 Å². The maximum absolute atomic E-state index is 12.6. The number of phosphoric acid groups is 1. The molecule has 8 nitrogen and oxygen atoms in total. The number of ether oxygens (including phenoxy) is 2. The van der Waals surface area contributed by atoms with Gasteiger partial charge in [0.25, 0.3) is 0 Å². The summed E-state index contributed by atoms with van der Waals surface area (Å²) in [5, 5.41) is 0. The standard InChI is InChI=1S/C51H98NO7P/c1-3-5-7-9-11-13-15-17-19-21-23-24-25-27-29-31-33-35-37-39-41-43-46-56-48-50(49-58-60(54,55)57-47-45-52)59-51(53)44-42-40-38-36-34-32-30-28-26-22-20-18-16-14-12-10-8-6-4-2/h15,17,21,23,25,27,50H,3-14,16,18-20,22,24,26,28-49,52H2,1-2H3,(H,54,55)/b17-15-,23-21-,27-25-. The number of esters is 1. The van der Waals surface area contributed by atoms with Crippen LogP contribution < -0.4 is 5.73 Å². The zero-order valence-electron chi connectivity index (χ0n) is 39.5. The fourth-order valence-electron chi connectivity index (χ4n) is 7.30. The van der Waals surface area contributed by atoms with Crippen LogP contribution in [0.4, 0.5) is 0 Å². The predicted octanol–water partition coefficient (Wildman–Crippen LogP) is 15.8. The molecule has 0 aliphatic rings. The highest BCUT2D eigenvalue weighted by Gasteiger charge is 2.25. The molecule has 0 amide bonds. The fraction of sp³-hybridized carbons (Fsp3) is 0.863. The van der Waals surface area contributed by atoms with Crippen LogP contribution in [0, 0.1) is 0 Å². The van der Waals surface area contributed by atoms with Crippen molar-refractivity contribution in [1.82, 2.24) is 0 Å². The van der Waals surface area contributed by atoms with Gasteiger partial charge < -0.3 is 20.1 Å². The first-order valence-electron chi connectivity index (χ1n) is 25.5. The van der Waals surface area contributed by atoms with Crippen LogP contribution in [0.2, 0.25) is 0 Å². The van der Waals surface area contributed by atoms with Crippen molar-refractivity contribution in [3.8, 4) is 0 Å². The molecule has 0 radical (unpaired) electrons. The molecule has 0 heterocycles. The maximum Gasteiger partial charge on any atom is 0.472 e. The van der Waals surface area contributed by atoms with Gasteiger partial charge in [0.05, 0.1) is 19.8 Å². The van der Waals surface area contributed by atoms with E-state index in [2.05, 4.69) is 50.3 Å². The molecule has 3 N–H and O–H groups in total. The summed E-state index contributed by atoms with van der Waals surface area (Å²) in [6.45, 7) is 4.93. The third kappa shape index (κ3) is 47.8. The molecule has 60 heavy (non-hydrogen) atoms. The number of phosphoric ester groups is 1. The third-order valence-electron chi connectivity index (χ3n) is 11.1. The van der Waals surface area contributed by atoms with Crippen molar-refractivity contribution in [3.05, 3.63) is 36.5 Å². The number of hydrogen-bond donors (Lipinski definition) is 2. The summed E-state index contributed by atoms with van der Waals surface area (Å²) in [7, 11) is -4.28. The van der Waals surface area contributed by atoms with Crippen molar-refractivity contribution in [1.29, 1.82) is 0 Å². The van der Waals surface area contributed by atoms with Crippen molar-refractivity contribution in [3.63, 3.8) is 0 Å². The number of unbranched alkanes of at least 4 members (excludes halogenated alkanes) is 30. The Morgan fingerprint density at radius 1 is 0.500 bits per heavy atom. The van der Waals surface area contributed by atoms with Crippen LogP contribution in [0.15, 0.2) is 36.5 Å². The summed E-state index contributed by atoms with van der Waals surface area (Å²) in [5.41, 5.74) is 5.39. The summed E-state index contributed by atoms with van der Waals surface area (Å²) < 4.78 is 33.6. The van der Waals surface area contributed by atoms with Gasteiger partial charge in [-0.25, -0.2) is 4.57 Å². The van der Waals surface area contributed by atoms with Crippen molar-refractivity contribution in [2.45, 2.75) is 251 Å². The second kappa shape index (κ2) is 48.7. The van der Waals surface area contributed by atoms with Crippen LogP contribution in [0.5, 0.6) is 0 Å². The fourth-order valence-corrected chi connectivity index (χ4v) is 8.07. The second-order valence-corrected chi connectivity index (χ2v) is 18.5. The van der Waals surface area contributed by atoms with E-state index in [-0.39, 0.29) is 32.3 Å². The lowest BCUT2D eigenvalue weighted by molar-refractivity contribution is -0.154. The summed E-state index contributed by atoms with van der Waals surface area (Å²) >= 11 is 0. The van der Waals surface area contributed by atoms with Crippen LogP contribution in [0.25, 0.3) is 0 Å². The molecule has 0 aromatic carbocycles. The zero-order valence-corrected chi connectivity index (χ0v) is 40.3. The minimum atomic E-state index is -4.28. The van der Waals surface area contributed by atoms with Gasteiger partial charge in [0.1, 0.15) is 6.10 Å². The molecule has 0 saturated carbocycles. The average Bonchev–Trinajstić information content (AvgIpc) is 3.24. The Bertz CT molecular complexity index is 1020. The number of rotatable bonds is 49. The van der Waals surface area contributed by atoms with Gasteiger partial charge in [-0.2, -0.15) is 0 Å². The number of hydrogen-bond acceptors (Lipinski definition) is 7. The van der Waals surface area contributed by atoms with Crippen LogP contribution >= 0.6 is 7.82 Å². The van der Waals surface area contributed by atoms with Gasteiger partial charge in [-0.05, 0) is 51.4 Å². The van der Waals surface area contributed by atoms with Crippen molar-refractivity contribution in [2.75, 3.05) is 33.0 Å². The Kier molecular flexibility index (Phi) is 47.7. The highest BCUT2D eigenvalue weighted by atomic mass is 31.2. The van der Waals surface area contributed by atoms with Gasteiger partial charge in [0.2, 0.25) is 0 Å². The Morgan fingerprint density at radius 2 is 0.883 bits per heavy atom. The normalized spacial score (nSPS) is 13.6. The van der Waals surface area contributed by atoms with Gasteiger partial charge >= 0.3 is 13.8 Å². The molecule has 0 aliphatic heterocycles. The highest BCUT2D eigenvalue weighted by molar-refractivity contribution is 7.47. The van der Waals surface area contributed by atoms with E-state index in [9.17, 15) is 14.3 Å². The Balaban J connectivity index is 3.96. The molecule has 2 unspecified atom stereocenters. The first kappa shape index (κ1) is 58.7. The molecular weight excluding hydrogens is 770 g/mol. The smallest absolute Gasteiger partial charge is 0.457 e.